The predicted molar refractivity (Wildman–Crippen MR) is 88.2 cm³/mol. The van der Waals surface area contributed by atoms with Crippen LogP contribution in [0.2, 0.25) is 0 Å². The SMILES string of the molecule is COc1ccc(N2CCN(C(=O)C3CC=CC3)[C@@H](C)C2)cc1. The summed E-state index contributed by atoms with van der Waals surface area (Å²) in [6, 6.07) is 8.40. The molecule has 118 valence electrons. The summed E-state index contributed by atoms with van der Waals surface area (Å²) in [6.45, 7) is 4.74. The second-order valence-electron chi connectivity index (χ2n) is 6.16. The molecule has 2 aliphatic rings. The zero-order valence-electron chi connectivity index (χ0n) is 13.4. The highest BCUT2D eigenvalue weighted by molar-refractivity contribution is 5.80. The third-order valence-electron chi connectivity index (χ3n) is 4.71. The van der Waals surface area contributed by atoms with E-state index in [4.69, 9.17) is 4.74 Å². The van der Waals surface area contributed by atoms with Gasteiger partial charge in [0.05, 0.1) is 7.11 Å². The van der Waals surface area contributed by atoms with Crippen LogP contribution in [0.4, 0.5) is 5.69 Å². The fourth-order valence-electron chi connectivity index (χ4n) is 3.37. The zero-order chi connectivity index (χ0) is 15.5. The van der Waals surface area contributed by atoms with Crippen LogP contribution in [0.5, 0.6) is 5.75 Å². The minimum absolute atomic E-state index is 0.176. The van der Waals surface area contributed by atoms with E-state index in [9.17, 15) is 4.79 Å². The van der Waals surface area contributed by atoms with Gasteiger partial charge in [-0.2, -0.15) is 0 Å². The third-order valence-corrected chi connectivity index (χ3v) is 4.71. The number of piperazine rings is 1. The molecule has 1 aliphatic carbocycles. The molecule has 1 amide bonds. The van der Waals surface area contributed by atoms with Crippen LogP contribution < -0.4 is 9.64 Å². The lowest BCUT2D eigenvalue weighted by atomic mass is 10.0. The Morgan fingerprint density at radius 3 is 2.41 bits per heavy atom. The monoisotopic (exact) mass is 300 g/mol. The summed E-state index contributed by atoms with van der Waals surface area (Å²) in [5.74, 6) is 1.38. The zero-order valence-corrected chi connectivity index (χ0v) is 13.4. The molecule has 0 bridgehead atoms. The number of carbonyl (C=O) groups excluding carboxylic acids is 1. The summed E-state index contributed by atoms with van der Waals surface area (Å²) in [5, 5.41) is 0. The summed E-state index contributed by atoms with van der Waals surface area (Å²) in [6.07, 6.45) is 6.07. The third kappa shape index (κ3) is 2.96. The van der Waals surface area contributed by atoms with Crippen molar-refractivity contribution in [2.45, 2.75) is 25.8 Å². The highest BCUT2D eigenvalue weighted by Gasteiger charge is 2.31. The second-order valence-corrected chi connectivity index (χ2v) is 6.16. The number of nitrogens with zero attached hydrogens (tertiary/aromatic N) is 2. The van der Waals surface area contributed by atoms with Crippen molar-refractivity contribution < 1.29 is 9.53 Å². The van der Waals surface area contributed by atoms with E-state index in [1.807, 2.05) is 12.1 Å². The van der Waals surface area contributed by atoms with Crippen molar-refractivity contribution in [3.8, 4) is 5.75 Å². The van der Waals surface area contributed by atoms with Crippen LogP contribution >= 0.6 is 0 Å². The van der Waals surface area contributed by atoms with Crippen LogP contribution in [0.15, 0.2) is 36.4 Å². The first-order chi connectivity index (χ1) is 10.7. The average molecular weight is 300 g/mol. The summed E-state index contributed by atoms with van der Waals surface area (Å²) in [7, 11) is 1.68. The van der Waals surface area contributed by atoms with Gasteiger partial charge in [0, 0.05) is 37.3 Å². The fourth-order valence-corrected chi connectivity index (χ4v) is 3.37. The summed E-state index contributed by atoms with van der Waals surface area (Å²) in [5.41, 5.74) is 1.20. The van der Waals surface area contributed by atoms with Crippen LogP contribution in [0.1, 0.15) is 19.8 Å². The number of rotatable bonds is 3. The number of ether oxygens (including phenoxy) is 1. The van der Waals surface area contributed by atoms with Gasteiger partial charge in [0.1, 0.15) is 5.75 Å². The standard InChI is InChI=1S/C18H24N2O2/c1-14-13-19(16-7-9-17(22-2)10-8-16)11-12-20(14)18(21)15-5-3-4-6-15/h3-4,7-10,14-15H,5-6,11-13H2,1-2H3/t14-/m0/s1. The number of hydrogen-bond acceptors (Lipinski definition) is 3. The Morgan fingerprint density at radius 1 is 1.14 bits per heavy atom. The Balaban J connectivity index is 1.62. The molecule has 0 radical (unpaired) electrons. The molecule has 1 aliphatic heterocycles. The molecule has 0 unspecified atom stereocenters. The lowest BCUT2D eigenvalue weighted by Gasteiger charge is -2.42. The maximum Gasteiger partial charge on any atom is 0.226 e. The van der Waals surface area contributed by atoms with Gasteiger partial charge in [-0.1, -0.05) is 12.2 Å². The van der Waals surface area contributed by atoms with Gasteiger partial charge in [0.2, 0.25) is 5.91 Å². The van der Waals surface area contributed by atoms with Crippen molar-refractivity contribution in [2.75, 3.05) is 31.6 Å². The molecule has 1 fully saturated rings. The van der Waals surface area contributed by atoms with E-state index in [0.29, 0.717) is 5.91 Å². The lowest BCUT2D eigenvalue weighted by molar-refractivity contribution is -0.137. The van der Waals surface area contributed by atoms with Gasteiger partial charge in [0.25, 0.3) is 0 Å². The smallest absolute Gasteiger partial charge is 0.226 e. The number of amides is 1. The van der Waals surface area contributed by atoms with Gasteiger partial charge in [-0.15, -0.1) is 0 Å². The minimum atomic E-state index is 0.176. The van der Waals surface area contributed by atoms with Gasteiger partial charge in [0.15, 0.2) is 0 Å². The first kappa shape index (κ1) is 14.9. The number of carbonyl (C=O) groups is 1. The molecule has 0 saturated carbocycles. The van der Waals surface area contributed by atoms with Crippen LogP contribution in [-0.2, 0) is 4.79 Å². The average Bonchev–Trinajstić information content (AvgIpc) is 3.09. The Kier molecular flexibility index (Phi) is 4.36. The number of methoxy groups -OCH3 is 1. The summed E-state index contributed by atoms with van der Waals surface area (Å²) < 4.78 is 5.21. The molecule has 22 heavy (non-hydrogen) atoms. The van der Waals surface area contributed by atoms with Crippen LogP contribution in [-0.4, -0.2) is 43.6 Å². The summed E-state index contributed by atoms with van der Waals surface area (Å²) >= 11 is 0. The van der Waals surface area contributed by atoms with Crippen molar-refractivity contribution in [3.05, 3.63) is 36.4 Å². The maximum absolute atomic E-state index is 12.6. The maximum atomic E-state index is 12.6. The molecule has 4 nitrogen and oxygen atoms in total. The predicted octanol–water partition coefficient (Wildman–Crippen LogP) is 2.70. The molecule has 1 saturated heterocycles. The largest absolute Gasteiger partial charge is 0.497 e. The van der Waals surface area contributed by atoms with Crippen LogP contribution in [0.3, 0.4) is 0 Å². The van der Waals surface area contributed by atoms with Crippen molar-refractivity contribution in [3.63, 3.8) is 0 Å². The van der Waals surface area contributed by atoms with E-state index in [1.54, 1.807) is 7.11 Å². The van der Waals surface area contributed by atoms with Crippen molar-refractivity contribution >= 4 is 11.6 Å². The molecular formula is C18H24N2O2. The highest BCUT2D eigenvalue weighted by atomic mass is 16.5. The van der Waals surface area contributed by atoms with Crippen molar-refractivity contribution in [1.82, 2.24) is 4.90 Å². The lowest BCUT2D eigenvalue weighted by Crippen LogP contribution is -2.55. The van der Waals surface area contributed by atoms with Gasteiger partial charge in [-0.05, 0) is 44.0 Å². The van der Waals surface area contributed by atoms with Gasteiger partial charge >= 0.3 is 0 Å². The number of benzene rings is 1. The molecule has 0 aromatic heterocycles. The topological polar surface area (TPSA) is 32.8 Å². The van der Waals surface area contributed by atoms with Gasteiger partial charge in [-0.3, -0.25) is 4.79 Å². The molecule has 1 atom stereocenters. The Morgan fingerprint density at radius 2 is 1.82 bits per heavy atom. The Hall–Kier alpha value is -1.97. The van der Waals surface area contributed by atoms with E-state index in [1.165, 1.54) is 5.69 Å². The number of allylic oxidation sites excluding steroid dienone is 2. The van der Waals surface area contributed by atoms with E-state index in [0.717, 1.165) is 38.2 Å². The van der Waals surface area contributed by atoms with E-state index in [-0.39, 0.29) is 12.0 Å². The first-order valence-corrected chi connectivity index (χ1v) is 8.03. The van der Waals surface area contributed by atoms with Gasteiger partial charge in [-0.25, -0.2) is 0 Å². The quantitative estimate of drug-likeness (QED) is 0.805. The van der Waals surface area contributed by atoms with Crippen molar-refractivity contribution in [1.29, 1.82) is 0 Å². The van der Waals surface area contributed by atoms with E-state index < -0.39 is 0 Å². The minimum Gasteiger partial charge on any atom is -0.497 e. The van der Waals surface area contributed by atoms with E-state index in [2.05, 4.69) is 41.0 Å². The Labute approximate surface area is 132 Å². The molecular weight excluding hydrogens is 276 g/mol. The van der Waals surface area contributed by atoms with Crippen molar-refractivity contribution in [2.24, 2.45) is 5.92 Å². The van der Waals surface area contributed by atoms with E-state index >= 15 is 0 Å². The highest BCUT2D eigenvalue weighted by Crippen LogP contribution is 2.25. The number of anilines is 1. The first-order valence-electron chi connectivity index (χ1n) is 8.03. The molecule has 0 spiro atoms. The molecule has 1 heterocycles. The molecule has 4 heteroatoms. The van der Waals surface area contributed by atoms with Crippen LogP contribution in [0, 0.1) is 5.92 Å². The molecule has 1 aromatic carbocycles. The number of hydrogen-bond donors (Lipinski definition) is 0. The van der Waals surface area contributed by atoms with Crippen LogP contribution in [0.25, 0.3) is 0 Å². The molecule has 1 aromatic rings. The fraction of sp³-hybridized carbons (Fsp3) is 0.500. The molecule has 3 rings (SSSR count). The summed E-state index contributed by atoms with van der Waals surface area (Å²) in [4.78, 5) is 17.0. The normalized spacial score (nSPS) is 22.2. The Bertz CT molecular complexity index is 545. The van der Waals surface area contributed by atoms with Gasteiger partial charge < -0.3 is 14.5 Å². The molecule has 0 N–H and O–H groups in total. The second kappa shape index (κ2) is 6.42.